The van der Waals surface area contributed by atoms with Gasteiger partial charge in [0.2, 0.25) is 0 Å². The van der Waals surface area contributed by atoms with E-state index in [9.17, 15) is 0 Å². The Balaban J connectivity index is 1.73. The van der Waals surface area contributed by atoms with Crippen LogP contribution in [-0.2, 0) is 0 Å². The Morgan fingerprint density at radius 3 is 2.54 bits per heavy atom. The Bertz CT molecular complexity index is 1120. The maximum Gasteiger partial charge on any atom is 0.145 e. The molecule has 3 nitrogen and oxygen atoms in total. The highest BCUT2D eigenvalue weighted by Crippen LogP contribution is 2.40. The molecule has 0 aliphatic carbocycles. The normalized spacial score (nSPS) is 16.0. The molecule has 2 heterocycles. The zero-order chi connectivity index (χ0) is 17.5. The average molecular weight is 337 g/mol. The molecule has 1 aliphatic heterocycles. The molecule has 3 aromatic carbocycles. The van der Waals surface area contributed by atoms with Gasteiger partial charge in [0, 0.05) is 11.3 Å². The maximum absolute atomic E-state index is 4.93. The van der Waals surface area contributed by atoms with E-state index < -0.39 is 0 Å². The number of nitrogens with one attached hydrogen (secondary N) is 1. The van der Waals surface area contributed by atoms with E-state index in [1.165, 1.54) is 11.1 Å². The van der Waals surface area contributed by atoms with Crippen LogP contribution in [0, 0.1) is 0 Å². The van der Waals surface area contributed by atoms with Crippen molar-refractivity contribution in [2.75, 3.05) is 5.32 Å². The van der Waals surface area contributed by atoms with Crippen LogP contribution >= 0.6 is 0 Å². The zero-order valence-electron chi connectivity index (χ0n) is 14.6. The highest BCUT2D eigenvalue weighted by molar-refractivity contribution is 5.87. The van der Waals surface area contributed by atoms with Gasteiger partial charge >= 0.3 is 0 Å². The standard InChI is InChI=1S/C23H19N3/c1-16(15-17-9-3-2-4-10-17)22-24-19-12-6-5-11-18(19)23-25-20-13-7-8-14-21(20)26(22)23/h2-15,22,24H,1H3/b16-15+. The minimum absolute atomic E-state index is 0.0347. The molecule has 1 N–H and O–H groups in total. The van der Waals surface area contributed by atoms with Crippen LogP contribution in [-0.4, -0.2) is 9.55 Å². The summed E-state index contributed by atoms with van der Waals surface area (Å²) in [6.07, 6.45) is 2.27. The van der Waals surface area contributed by atoms with Crippen molar-refractivity contribution in [2.24, 2.45) is 0 Å². The summed E-state index contributed by atoms with van der Waals surface area (Å²) in [7, 11) is 0. The highest BCUT2D eigenvalue weighted by atomic mass is 15.2. The van der Waals surface area contributed by atoms with Crippen molar-refractivity contribution in [1.82, 2.24) is 9.55 Å². The van der Waals surface area contributed by atoms with Gasteiger partial charge in [0.15, 0.2) is 0 Å². The van der Waals surface area contributed by atoms with E-state index in [0.29, 0.717) is 0 Å². The first-order valence-electron chi connectivity index (χ1n) is 8.87. The Hall–Kier alpha value is -3.33. The Morgan fingerprint density at radius 1 is 0.923 bits per heavy atom. The predicted octanol–water partition coefficient (Wildman–Crippen LogP) is 5.73. The molecule has 3 heteroatoms. The van der Waals surface area contributed by atoms with Crippen molar-refractivity contribution in [2.45, 2.75) is 13.1 Å². The fourth-order valence-electron chi connectivity index (χ4n) is 3.72. The van der Waals surface area contributed by atoms with Gasteiger partial charge in [-0.15, -0.1) is 0 Å². The van der Waals surface area contributed by atoms with Crippen molar-refractivity contribution in [3.05, 3.63) is 90.0 Å². The summed E-state index contributed by atoms with van der Waals surface area (Å²) in [5.41, 5.74) is 6.90. The zero-order valence-corrected chi connectivity index (χ0v) is 14.6. The van der Waals surface area contributed by atoms with Gasteiger partial charge in [0.1, 0.15) is 12.0 Å². The van der Waals surface area contributed by atoms with E-state index >= 15 is 0 Å². The van der Waals surface area contributed by atoms with Crippen LogP contribution in [0.4, 0.5) is 5.69 Å². The third-order valence-corrected chi connectivity index (χ3v) is 4.94. The number of benzene rings is 3. The number of rotatable bonds is 2. The molecule has 0 spiro atoms. The third-order valence-electron chi connectivity index (χ3n) is 4.94. The lowest BCUT2D eigenvalue weighted by atomic mass is 10.0. The van der Waals surface area contributed by atoms with E-state index in [0.717, 1.165) is 28.1 Å². The number of para-hydroxylation sites is 3. The van der Waals surface area contributed by atoms with Gasteiger partial charge in [-0.1, -0.05) is 60.7 Å². The lowest BCUT2D eigenvalue weighted by Gasteiger charge is -2.30. The summed E-state index contributed by atoms with van der Waals surface area (Å²) in [6, 6.07) is 27.2. The minimum Gasteiger partial charge on any atom is -0.361 e. The number of fused-ring (bicyclic) bond motifs is 5. The van der Waals surface area contributed by atoms with Crippen LogP contribution in [0.5, 0.6) is 0 Å². The van der Waals surface area contributed by atoms with Gasteiger partial charge in [0.25, 0.3) is 0 Å². The smallest absolute Gasteiger partial charge is 0.145 e. The summed E-state index contributed by atoms with van der Waals surface area (Å²) in [5.74, 6) is 1.02. The second kappa shape index (κ2) is 5.88. The lowest BCUT2D eigenvalue weighted by molar-refractivity contribution is 0.659. The molecule has 0 amide bonds. The molecule has 0 fully saturated rings. The van der Waals surface area contributed by atoms with E-state index in [1.54, 1.807) is 0 Å². The fraction of sp³-hybridized carbons (Fsp3) is 0.0870. The van der Waals surface area contributed by atoms with E-state index in [2.05, 4.69) is 89.6 Å². The third kappa shape index (κ3) is 2.32. The van der Waals surface area contributed by atoms with Gasteiger partial charge in [-0.05, 0) is 42.3 Å². The summed E-state index contributed by atoms with van der Waals surface area (Å²) in [6.45, 7) is 2.18. The quantitative estimate of drug-likeness (QED) is 0.506. The summed E-state index contributed by atoms with van der Waals surface area (Å²) >= 11 is 0. The summed E-state index contributed by atoms with van der Waals surface area (Å²) in [5, 5.41) is 3.71. The van der Waals surface area contributed by atoms with Crippen LogP contribution in [0.3, 0.4) is 0 Å². The molecular weight excluding hydrogens is 318 g/mol. The highest BCUT2D eigenvalue weighted by Gasteiger charge is 2.27. The SMILES string of the molecule is C/C(=C\c1ccccc1)C1Nc2ccccc2-c2nc3ccccc3n21. The molecule has 1 aromatic heterocycles. The van der Waals surface area contributed by atoms with Crippen molar-refractivity contribution < 1.29 is 0 Å². The number of nitrogens with zero attached hydrogens (tertiary/aromatic N) is 2. The number of imidazole rings is 1. The first kappa shape index (κ1) is 15.0. The van der Waals surface area contributed by atoms with Crippen LogP contribution < -0.4 is 5.32 Å². The Labute approximate surface area is 152 Å². The summed E-state index contributed by atoms with van der Waals surface area (Å²) < 4.78 is 2.31. The van der Waals surface area contributed by atoms with Gasteiger partial charge in [-0.2, -0.15) is 0 Å². The molecule has 0 saturated carbocycles. The number of aromatic nitrogens is 2. The molecule has 5 rings (SSSR count). The van der Waals surface area contributed by atoms with E-state index in [-0.39, 0.29) is 6.17 Å². The number of hydrogen-bond acceptors (Lipinski definition) is 2. The maximum atomic E-state index is 4.93. The van der Waals surface area contributed by atoms with Crippen molar-refractivity contribution in [3.63, 3.8) is 0 Å². The molecule has 4 aromatic rings. The largest absolute Gasteiger partial charge is 0.361 e. The second-order valence-electron chi connectivity index (χ2n) is 6.69. The minimum atomic E-state index is 0.0347. The Morgan fingerprint density at radius 2 is 1.65 bits per heavy atom. The van der Waals surface area contributed by atoms with Gasteiger partial charge < -0.3 is 5.32 Å². The second-order valence-corrected chi connectivity index (χ2v) is 6.69. The van der Waals surface area contributed by atoms with Crippen molar-refractivity contribution in [3.8, 4) is 11.4 Å². The first-order chi connectivity index (χ1) is 12.8. The molecule has 1 aliphatic rings. The van der Waals surface area contributed by atoms with Crippen LogP contribution in [0.1, 0.15) is 18.7 Å². The number of anilines is 1. The first-order valence-corrected chi connectivity index (χ1v) is 8.87. The predicted molar refractivity (Wildman–Crippen MR) is 108 cm³/mol. The van der Waals surface area contributed by atoms with Crippen molar-refractivity contribution >= 4 is 22.8 Å². The molecule has 126 valence electrons. The molecule has 26 heavy (non-hydrogen) atoms. The molecule has 0 radical (unpaired) electrons. The molecule has 1 unspecified atom stereocenters. The number of hydrogen-bond donors (Lipinski definition) is 1. The van der Waals surface area contributed by atoms with Gasteiger partial charge in [0.05, 0.1) is 11.0 Å². The van der Waals surface area contributed by atoms with E-state index in [1.807, 2.05) is 12.1 Å². The Kier molecular flexibility index (Phi) is 3.39. The lowest BCUT2D eigenvalue weighted by Crippen LogP contribution is -2.24. The fourth-order valence-corrected chi connectivity index (χ4v) is 3.72. The monoisotopic (exact) mass is 337 g/mol. The van der Waals surface area contributed by atoms with Crippen LogP contribution in [0.15, 0.2) is 84.4 Å². The van der Waals surface area contributed by atoms with Crippen LogP contribution in [0.25, 0.3) is 28.5 Å². The van der Waals surface area contributed by atoms with Crippen LogP contribution in [0.2, 0.25) is 0 Å². The molecular formula is C23H19N3. The molecule has 0 saturated heterocycles. The molecule has 1 atom stereocenters. The average Bonchev–Trinajstić information content (AvgIpc) is 3.08. The topological polar surface area (TPSA) is 29.9 Å². The van der Waals surface area contributed by atoms with E-state index in [4.69, 9.17) is 4.98 Å². The summed E-state index contributed by atoms with van der Waals surface area (Å²) in [4.78, 5) is 4.93. The molecule has 0 bridgehead atoms. The van der Waals surface area contributed by atoms with Gasteiger partial charge in [-0.3, -0.25) is 4.57 Å². The van der Waals surface area contributed by atoms with Gasteiger partial charge in [-0.25, -0.2) is 4.98 Å². The van der Waals surface area contributed by atoms with Crippen molar-refractivity contribution in [1.29, 1.82) is 0 Å².